The second-order valence-corrected chi connectivity index (χ2v) is 3.69. The van der Waals surface area contributed by atoms with Gasteiger partial charge in [-0.1, -0.05) is 18.2 Å². The standard InChI is InChI=1S/C12H15NO3/c1-9-7-10(2)11(5-3-4-6-14)12(8-9)13(15)16/h3,5,7-8,14H,4,6H2,1-2H3. The molecule has 1 rings (SSSR count). The molecule has 4 nitrogen and oxygen atoms in total. The number of nitro groups is 1. The molecule has 0 radical (unpaired) electrons. The maximum absolute atomic E-state index is 10.9. The van der Waals surface area contributed by atoms with Crippen LogP contribution >= 0.6 is 0 Å². The summed E-state index contributed by atoms with van der Waals surface area (Å²) in [5, 5.41) is 19.5. The van der Waals surface area contributed by atoms with Crippen molar-refractivity contribution in [3.63, 3.8) is 0 Å². The van der Waals surface area contributed by atoms with Crippen LogP contribution in [0.1, 0.15) is 23.1 Å². The van der Waals surface area contributed by atoms with E-state index in [4.69, 9.17) is 5.11 Å². The molecule has 0 spiro atoms. The summed E-state index contributed by atoms with van der Waals surface area (Å²) in [6.45, 7) is 3.73. The molecule has 0 atom stereocenters. The number of aliphatic hydroxyl groups excluding tert-OH is 1. The van der Waals surface area contributed by atoms with Crippen LogP contribution in [-0.4, -0.2) is 16.6 Å². The molecule has 0 amide bonds. The number of aryl methyl sites for hydroxylation is 2. The van der Waals surface area contributed by atoms with Crippen molar-refractivity contribution in [2.45, 2.75) is 20.3 Å². The van der Waals surface area contributed by atoms with Gasteiger partial charge >= 0.3 is 0 Å². The van der Waals surface area contributed by atoms with Crippen LogP contribution in [0.25, 0.3) is 6.08 Å². The van der Waals surface area contributed by atoms with Crippen LogP contribution in [0, 0.1) is 24.0 Å². The SMILES string of the molecule is Cc1cc(C)c(C=CCCO)c([N+](=O)[O-])c1. The van der Waals surface area contributed by atoms with E-state index in [1.165, 1.54) is 0 Å². The van der Waals surface area contributed by atoms with Crippen LogP contribution in [0.5, 0.6) is 0 Å². The third-order valence-electron chi connectivity index (χ3n) is 2.29. The van der Waals surface area contributed by atoms with Crippen LogP contribution in [0.3, 0.4) is 0 Å². The number of aliphatic hydroxyl groups is 1. The second-order valence-electron chi connectivity index (χ2n) is 3.69. The van der Waals surface area contributed by atoms with Gasteiger partial charge in [0.15, 0.2) is 0 Å². The van der Waals surface area contributed by atoms with Gasteiger partial charge in [-0.15, -0.1) is 0 Å². The first-order valence-corrected chi connectivity index (χ1v) is 5.09. The van der Waals surface area contributed by atoms with Gasteiger partial charge in [-0.3, -0.25) is 10.1 Å². The lowest BCUT2D eigenvalue weighted by molar-refractivity contribution is -0.385. The van der Waals surface area contributed by atoms with E-state index in [1.807, 2.05) is 19.9 Å². The first-order valence-electron chi connectivity index (χ1n) is 5.09. The molecular formula is C12H15NO3. The molecule has 1 N–H and O–H groups in total. The molecule has 4 heteroatoms. The maximum Gasteiger partial charge on any atom is 0.277 e. The molecule has 16 heavy (non-hydrogen) atoms. The van der Waals surface area contributed by atoms with E-state index in [1.54, 1.807) is 18.2 Å². The number of benzene rings is 1. The van der Waals surface area contributed by atoms with E-state index >= 15 is 0 Å². The summed E-state index contributed by atoms with van der Waals surface area (Å²) in [4.78, 5) is 10.5. The fraction of sp³-hybridized carbons (Fsp3) is 0.333. The number of nitro benzene ring substituents is 1. The average molecular weight is 221 g/mol. The van der Waals surface area contributed by atoms with E-state index in [2.05, 4.69) is 0 Å². The van der Waals surface area contributed by atoms with Crippen molar-refractivity contribution < 1.29 is 10.0 Å². The Bertz CT molecular complexity index is 425. The number of nitrogens with zero attached hydrogens (tertiary/aromatic N) is 1. The van der Waals surface area contributed by atoms with E-state index in [0.29, 0.717) is 12.0 Å². The maximum atomic E-state index is 10.9. The van der Waals surface area contributed by atoms with E-state index < -0.39 is 0 Å². The van der Waals surface area contributed by atoms with Gasteiger partial charge in [0, 0.05) is 12.7 Å². The van der Waals surface area contributed by atoms with Crippen molar-refractivity contribution in [2.75, 3.05) is 6.61 Å². The number of hydrogen-bond donors (Lipinski definition) is 1. The predicted molar refractivity (Wildman–Crippen MR) is 63.3 cm³/mol. The molecule has 0 aliphatic carbocycles. The van der Waals surface area contributed by atoms with Gasteiger partial charge in [-0.05, 0) is 31.4 Å². The van der Waals surface area contributed by atoms with Crippen LogP contribution in [0.2, 0.25) is 0 Å². The molecule has 0 aliphatic rings. The summed E-state index contributed by atoms with van der Waals surface area (Å²) in [5.74, 6) is 0. The van der Waals surface area contributed by atoms with Crippen molar-refractivity contribution >= 4 is 11.8 Å². The smallest absolute Gasteiger partial charge is 0.277 e. The fourth-order valence-electron chi connectivity index (χ4n) is 1.60. The van der Waals surface area contributed by atoms with Crippen molar-refractivity contribution in [3.8, 4) is 0 Å². The molecule has 0 aromatic heterocycles. The quantitative estimate of drug-likeness (QED) is 0.627. The van der Waals surface area contributed by atoms with Gasteiger partial charge in [0.05, 0.1) is 10.5 Å². The van der Waals surface area contributed by atoms with Crippen molar-refractivity contribution in [1.29, 1.82) is 0 Å². The summed E-state index contributed by atoms with van der Waals surface area (Å²) in [7, 11) is 0. The Labute approximate surface area is 94.4 Å². The lowest BCUT2D eigenvalue weighted by atomic mass is 10.0. The summed E-state index contributed by atoms with van der Waals surface area (Å²) in [6, 6.07) is 3.47. The summed E-state index contributed by atoms with van der Waals surface area (Å²) >= 11 is 0. The second kappa shape index (κ2) is 5.42. The normalized spacial score (nSPS) is 10.9. The van der Waals surface area contributed by atoms with Crippen LogP contribution in [-0.2, 0) is 0 Å². The summed E-state index contributed by atoms with van der Waals surface area (Å²) in [5.41, 5.74) is 2.49. The largest absolute Gasteiger partial charge is 0.396 e. The summed E-state index contributed by atoms with van der Waals surface area (Å²) < 4.78 is 0. The molecule has 1 aromatic carbocycles. The molecule has 0 saturated heterocycles. The van der Waals surface area contributed by atoms with Gasteiger partial charge in [0.2, 0.25) is 0 Å². The van der Waals surface area contributed by atoms with Crippen LogP contribution in [0.15, 0.2) is 18.2 Å². The average Bonchev–Trinajstić information content (AvgIpc) is 2.20. The topological polar surface area (TPSA) is 63.4 Å². The minimum atomic E-state index is -0.376. The zero-order valence-electron chi connectivity index (χ0n) is 9.43. The Morgan fingerprint density at radius 1 is 1.44 bits per heavy atom. The van der Waals surface area contributed by atoms with Crippen LogP contribution in [0.4, 0.5) is 5.69 Å². The zero-order valence-corrected chi connectivity index (χ0v) is 9.43. The fourth-order valence-corrected chi connectivity index (χ4v) is 1.60. The first-order chi connectivity index (χ1) is 7.56. The Hall–Kier alpha value is -1.68. The lowest BCUT2D eigenvalue weighted by Crippen LogP contribution is -1.95. The highest BCUT2D eigenvalue weighted by Gasteiger charge is 2.14. The number of hydrogen-bond acceptors (Lipinski definition) is 3. The number of rotatable bonds is 4. The Kier molecular flexibility index (Phi) is 4.19. The van der Waals surface area contributed by atoms with Crippen molar-refractivity contribution in [1.82, 2.24) is 0 Å². The first kappa shape index (κ1) is 12.4. The molecule has 0 heterocycles. The molecular weight excluding hydrogens is 206 g/mol. The van der Waals surface area contributed by atoms with Crippen molar-refractivity contribution in [3.05, 3.63) is 45.0 Å². The molecule has 0 fully saturated rings. The molecule has 86 valence electrons. The Balaban J connectivity index is 3.19. The van der Waals surface area contributed by atoms with E-state index in [9.17, 15) is 10.1 Å². The highest BCUT2D eigenvalue weighted by Crippen LogP contribution is 2.25. The summed E-state index contributed by atoms with van der Waals surface area (Å²) in [6.07, 6.45) is 3.94. The Morgan fingerprint density at radius 3 is 2.69 bits per heavy atom. The zero-order chi connectivity index (χ0) is 12.1. The third-order valence-corrected chi connectivity index (χ3v) is 2.29. The molecule has 1 aromatic rings. The lowest BCUT2D eigenvalue weighted by Gasteiger charge is -2.04. The van der Waals surface area contributed by atoms with Crippen LogP contribution < -0.4 is 0 Å². The third kappa shape index (κ3) is 2.90. The molecule has 0 bridgehead atoms. The predicted octanol–water partition coefficient (Wildman–Crippen LogP) is 2.61. The highest BCUT2D eigenvalue weighted by molar-refractivity contribution is 5.65. The minimum absolute atomic E-state index is 0.0508. The van der Waals surface area contributed by atoms with Crippen molar-refractivity contribution in [2.24, 2.45) is 0 Å². The monoisotopic (exact) mass is 221 g/mol. The van der Waals surface area contributed by atoms with E-state index in [-0.39, 0.29) is 17.2 Å². The molecule has 0 aliphatic heterocycles. The van der Waals surface area contributed by atoms with E-state index in [0.717, 1.165) is 11.1 Å². The van der Waals surface area contributed by atoms with Gasteiger partial charge in [-0.2, -0.15) is 0 Å². The minimum Gasteiger partial charge on any atom is -0.396 e. The van der Waals surface area contributed by atoms with Gasteiger partial charge in [0.25, 0.3) is 5.69 Å². The Morgan fingerprint density at radius 2 is 2.12 bits per heavy atom. The van der Waals surface area contributed by atoms with Gasteiger partial charge in [0.1, 0.15) is 0 Å². The van der Waals surface area contributed by atoms with Gasteiger partial charge in [-0.25, -0.2) is 0 Å². The molecule has 0 saturated carbocycles. The molecule has 0 unspecified atom stereocenters. The van der Waals surface area contributed by atoms with Gasteiger partial charge < -0.3 is 5.11 Å². The highest BCUT2D eigenvalue weighted by atomic mass is 16.6.